The Morgan fingerprint density at radius 1 is 1.27 bits per heavy atom. The first kappa shape index (κ1) is 16.5. The predicted octanol–water partition coefficient (Wildman–Crippen LogP) is 4.06. The molecule has 0 radical (unpaired) electrons. The molecule has 1 N–H and O–H groups in total. The third-order valence-corrected chi connectivity index (χ3v) is 3.86. The van der Waals surface area contributed by atoms with Gasteiger partial charge in [-0.3, -0.25) is 4.79 Å². The summed E-state index contributed by atoms with van der Waals surface area (Å²) in [6.45, 7) is 9.42. The van der Waals surface area contributed by atoms with E-state index < -0.39 is 0 Å². The number of aryl methyl sites for hydroxylation is 1. The van der Waals surface area contributed by atoms with Crippen LogP contribution < -0.4 is 5.32 Å². The summed E-state index contributed by atoms with van der Waals surface area (Å²) in [6.07, 6.45) is 2.53. The molecule has 1 amide bonds. The number of nitrogens with one attached hydrogen (secondary N) is 1. The Labute approximate surface area is 132 Å². The van der Waals surface area contributed by atoms with E-state index in [0.29, 0.717) is 12.3 Å². The lowest BCUT2D eigenvalue weighted by atomic mass is 10.1. The van der Waals surface area contributed by atoms with Crippen LogP contribution >= 0.6 is 0 Å². The van der Waals surface area contributed by atoms with Crippen LogP contribution in [0.2, 0.25) is 0 Å². The summed E-state index contributed by atoms with van der Waals surface area (Å²) in [7, 11) is 0. The van der Waals surface area contributed by atoms with Crippen molar-refractivity contribution in [2.45, 2.75) is 59.5 Å². The zero-order valence-electron chi connectivity index (χ0n) is 14.1. The number of aromatic nitrogens is 2. The Bertz CT molecular complexity index is 630. The topological polar surface area (TPSA) is 46.9 Å². The van der Waals surface area contributed by atoms with E-state index in [1.165, 1.54) is 0 Å². The van der Waals surface area contributed by atoms with Crippen molar-refractivity contribution in [3.05, 3.63) is 30.1 Å². The van der Waals surface area contributed by atoms with Gasteiger partial charge in [0.15, 0.2) is 0 Å². The number of rotatable bonds is 7. The molecule has 0 spiro atoms. The number of fused-ring (bicyclic) bond motifs is 1. The van der Waals surface area contributed by atoms with Gasteiger partial charge in [-0.1, -0.05) is 32.9 Å². The van der Waals surface area contributed by atoms with Crippen molar-refractivity contribution >= 4 is 16.9 Å². The van der Waals surface area contributed by atoms with Gasteiger partial charge >= 0.3 is 0 Å². The molecule has 0 bridgehead atoms. The van der Waals surface area contributed by atoms with Gasteiger partial charge in [0, 0.05) is 13.0 Å². The van der Waals surface area contributed by atoms with E-state index in [9.17, 15) is 4.79 Å². The molecule has 0 saturated carbocycles. The van der Waals surface area contributed by atoms with Crippen LogP contribution in [0.15, 0.2) is 24.3 Å². The third-order valence-electron chi connectivity index (χ3n) is 3.86. The normalized spacial score (nSPS) is 12.8. The van der Waals surface area contributed by atoms with Crippen molar-refractivity contribution in [3.8, 4) is 0 Å². The van der Waals surface area contributed by atoms with Crippen LogP contribution in [-0.4, -0.2) is 15.5 Å². The summed E-state index contributed by atoms with van der Waals surface area (Å²) < 4.78 is 2.26. The standard InChI is InChI=1S/C18H27N3O/c1-5-8-17(22)19-14(4)18-20-15-9-6-7-10-16(15)21(18)12-11-13(2)3/h6-7,9-10,13-14H,5,8,11-12H2,1-4H3,(H,19,22). The number of benzene rings is 1. The van der Waals surface area contributed by atoms with Gasteiger partial charge in [-0.2, -0.15) is 0 Å². The van der Waals surface area contributed by atoms with Crippen LogP contribution in [0.1, 0.15) is 58.8 Å². The molecular weight excluding hydrogens is 274 g/mol. The Hall–Kier alpha value is -1.84. The second-order valence-corrected chi connectivity index (χ2v) is 6.33. The van der Waals surface area contributed by atoms with Crippen molar-refractivity contribution in [2.75, 3.05) is 0 Å². The van der Waals surface area contributed by atoms with Crippen molar-refractivity contribution in [3.63, 3.8) is 0 Å². The molecule has 120 valence electrons. The maximum Gasteiger partial charge on any atom is 0.220 e. The summed E-state index contributed by atoms with van der Waals surface area (Å²) in [5.74, 6) is 1.68. The number of carbonyl (C=O) groups excluding carboxylic acids is 1. The Balaban J connectivity index is 2.30. The minimum absolute atomic E-state index is 0.0707. The van der Waals surface area contributed by atoms with Crippen LogP contribution in [0.4, 0.5) is 0 Å². The number of nitrogens with zero attached hydrogens (tertiary/aromatic N) is 2. The smallest absolute Gasteiger partial charge is 0.220 e. The van der Waals surface area contributed by atoms with E-state index in [0.717, 1.165) is 36.2 Å². The molecule has 0 fully saturated rings. The maximum atomic E-state index is 11.9. The van der Waals surface area contributed by atoms with Gasteiger partial charge in [0.2, 0.25) is 5.91 Å². The monoisotopic (exact) mass is 301 g/mol. The highest BCUT2D eigenvalue weighted by Gasteiger charge is 2.18. The Kier molecular flexibility index (Phi) is 5.58. The highest BCUT2D eigenvalue weighted by atomic mass is 16.1. The van der Waals surface area contributed by atoms with Crippen LogP contribution in [0.5, 0.6) is 0 Å². The molecule has 2 aromatic rings. The van der Waals surface area contributed by atoms with Crippen LogP contribution in [0.3, 0.4) is 0 Å². The number of carbonyl (C=O) groups is 1. The van der Waals surface area contributed by atoms with E-state index in [-0.39, 0.29) is 11.9 Å². The van der Waals surface area contributed by atoms with Gasteiger partial charge in [0.1, 0.15) is 5.82 Å². The van der Waals surface area contributed by atoms with Gasteiger partial charge in [-0.05, 0) is 37.8 Å². The lowest BCUT2D eigenvalue weighted by Gasteiger charge is -2.17. The second-order valence-electron chi connectivity index (χ2n) is 6.33. The second kappa shape index (κ2) is 7.43. The first-order chi connectivity index (χ1) is 10.5. The molecule has 4 nitrogen and oxygen atoms in total. The Morgan fingerprint density at radius 3 is 2.68 bits per heavy atom. The molecule has 1 atom stereocenters. The SMILES string of the molecule is CCCC(=O)NC(C)c1nc2ccccc2n1CCC(C)C. The lowest BCUT2D eigenvalue weighted by Crippen LogP contribution is -2.28. The molecule has 0 aliphatic carbocycles. The van der Waals surface area contributed by atoms with Gasteiger partial charge in [0.05, 0.1) is 17.1 Å². The summed E-state index contributed by atoms with van der Waals surface area (Å²) in [6, 6.07) is 8.11. The molecule has 1 aromatic heterocycles. The van der Waals surface area contributed by atoms with Crippen molar-refractivity contribution < 1.29 is 4.79 Å². The van der Waals surface area contributed by atoms with E-state index in [1.54, 1.807) is 0 Å². The fraction of sp³-hybridized carbons (Fsp3) is 0.556. The largest absolute Gasteiger partial charge is 0.346 e. The summed E-state index contributed by atoms with van der Waals surface area (Å²) in [5.41, 5.74) is 2.15. The summed E-state index contributed by atoms with van der Waals surface area (Å²) in [5, 5.41) is 3.06. The van der Waals surface area contributed by atoms with Crippen molar-refractivity contribution in [2.24, 2.45) is 5.92 Å². The maximum absolute atomic E-state index is 11.9. The minimum Gasteiger partial charge on any atom is -0.346 e. The van der Waals surface area contributed by atoms with E-state index in [2.05, 4.69) is 29.8 Å². The number of imidazole rings is 1. The van der Waals surface area contributed by atoms with Crippen LogP contribution in [0, 0.1) is 5.92 Å². The van der Waals surface area contributed by atoms with Crippen molar-refractivity contribution in [1.82, 2.24) is 14.9 Å². The number of hydrogen-bond acceptors (Lipinski definition) is 2. The zero-order chi connectivity index (χ0) is 16.1. The predicted molar refractivity (Wildman–Crippen MR) is 90.7 cm³/mol. The minimum atomic E-state index is -0.0707. The number of para-hydroxylation sites is 2. The average Bonchev–Trinajstić information content (AvgIpc) is 2.84. The highest BCUT2D eigenvalue weighted by molar-refractivity contribution is 5.78. The van der Waals surface area contributed by atoms with Crippen molar-refractivity contribution in [1.29, 1.82) is 0 Å². The van der Waals surface area contributed by atoms with Gasteiger partial charge < -0.3 is 9.88 Å². The van der Waals surface area contributed by atoms with Gasteiger partial charge in [-0.25, -0.2) is 4.98 Å². The molecule has 4 heteroatoms. The molecule has 0 aliphatic rings. The van der Waals surface area contributed by atoms with Crippen LogP contribution in [0.25, 0.3) is 11.0 Å². The highest BCUT2D eigenvalue weighted by Crippen LogP contribution is 2.22. The average molecular weight is 301 g/mol. The number of amides is 1. The molecule has 2 rings (SSSR count). The summed E-state index contributed by atoms with van der Waals surface area (Å²) >= 11 is 0. The molecule has 0 saturated heterocycles. The molecule has 1 aromatic carbocycles. The fourth-order valence-corrected chi connectivity index (χ4v) is 2.65. The zero-order valence-corrected chi connectivity index (χ0v) is 14.1. The quantitative estimate of drug-likeness (QED) is 0.838. The van der Waals surface area contributed by atoms with E-state index >= 15 is 0 Å². The summed E-state index contributed by atoms with van der Waals surface area (Å²) in [4.78, 5) is 16.6. The first-order valence-corrected chi connectivity index (χ1v) is 8.27. The van der Waals surface area contributed by atoms with Crippen LogP contribution in [-0.2, 0) is 11.3 Å². The van der Waals surface area contributed by atoms with E-state index in [4.69, 9.17) is 4.98 Å². The fourth-order valence-electron chi connectivity index (χ4n) is 2.65. The third kappa shape index (κ3) is 3.87. The number of hydrogen-bond donors (Lipinski definition) is 1. The molecule has 22 heavy (non-hydrogen) atoms. The molecule has 1 heterocycles. The molecular formula is C18H27N3O. The van der Waals surface area contributed by atoms with Gasteiger partial charge in [0.25, 0.3) is 0 Å². The molecule has 1 unspecified atom stereocenters. The first-order valence-electron chi connectivity index (χ1n) is 8.27. The van der Waals surface area contributed by atoms with Gasteiger partial charge in [-0.15, -0.1) is 0 Å². The Morgan fingerprint density at radius 2 is 2.00 bits per heavy atom. The van der Waals surface area contributed by atoms with E-state index in [1.807, 2.05) is 32.0 Å². The lowest BCUT2D eigenvalue weighted by molar-refractivity contribution is -0.121. The molecule has 0 aliphatic heterocycles.